The number of urea groups is 1. The summed E-state index contributed by atoms with van der Waals surface area (Å²) in [5.74, 6) is 0. The van der Waals surface area contributed by atoms with Crippen molar-refractivity contribution in [3.05, 3.63) is 109 Å². The second kappa shape index (κ2) is 11.6. The molecule has 214 valence electrons. The first-order chi connectivity index (χ1) is 21.1. The topological polar surface area (TPSA) is 100 Å². The zero-order valence-corrected chi connectivity index (χ0v) is 23.9. The lowest BCUT2D eigenvalue weighted by Gasteiger charge is -2.32. The normalized spacial score (nSPS) is 14.3. The van der Waals surface area contributed by atoms with Crippen LogP contribution in [0.1, 0.15) is 24.1 Å². The molecule has 6 aromatic rings. The average Bonchev–Trinajstić information content (AvgIpc) is 3.43. The number of fused-ring (bicyclic) bond motifs is 3. The summed E-state index contributed by atoms with van der Waals surface area (Å²) in [6.45, 7) is 4.70. The number of hydrogen-bond donors (Lipinski definition) is 2. The van der Waals surface area contributed by atoms with Crippen molar-refractivity contribution in [2.24, 2.45) is 0 Å². The summed E-state index contributed by atoms with van der Waals surface area (Å²) in [6, 6.07) is 26.8. The van der Waals surface area contributed by atoms with Crippen molar-refractivity contribution in [2.75, 3.05) is 18.4 Å². The van der Waals surface area contributed by atoms with Gasteiger partial charge in [0.15, 0.2) is 11.3 Å². The SMILES string of the molecule is Cc1cc2ncc3cc(-c4ccccc4)c(-c4ccc(CN5CCC(NC(=O)Nc6ccncc6)CC5)cc4)nc3n2n1. The van der Waals surface area contributed by atoms with Crippen molar-refractivity contribution in [1.29, 1.82) is 0 Å². The molecule has 9 heteroatoms. The summed E-state index contributed by atoms with van der Waals surface area (Å²) >= 11 is 0. The summed E-state index contributed by atoms with van der Waals surface area (Å²) in [6.07, 6.45) is 7.04. The number of piperidine rings is 1. The molecule has 0 spiro atoms. The average molecular weight is 569 g/mol. The number of likely N-dealkylation sites (tertiary alicyclic amines) is 1. The fourth-order valence-electron chi connectivity index (χ4n) is 5.76. The van der Waals surface area contributed by atoms with Gasteiger partial charge in [-0.3, -0.25) is 9.88 Å². The van der Waals surface area contributed by atoms with Crippen LogP contribution in [0.4, 0.5) is 10.5 Å². The number of carbonyl (C=O) groups excluding carboxylic acids is 1. The van der Waals surface area contributed by atoms with Gasteiger partial charge in [0, 0.05) is 72.5 Å². The maximum atomic E-state index is 12.4. The monoisotopic (exact) mass is 568 g/mol. The molecule has 0 aliphatic carbocycles. The van der Waals surface area contributed by atoms with Gasteiger partial charge in [0.2, 0.25) is 0 Å². The molecule has 43 heavy (non-hydrogen) atoms. The molecule has 1 aliphatic heterocycles. The summed E-state index contributed by atoms with van der Waals surface area (Å²) < 4.78 is 1.83. The minimum atomic E-state index is -0.169. The number of aryl methyl sites for hydroxylation is 1. The number of nitrogens with one attached hydrogen (secondary N) is 2. The molecule has 2 aromatic carbocycles. The van der Waals surface area contributed by atoms with Gasteiger partial charge in [-0.2, -0.15) is 9.61 Å². The molecular weight excluding hydrogens is 536 g/mol. The van der Waals surface area contributed by atoms with Crippen LogP contribution in [0.15, 0.2) is 97.5 Å². The Bertz CT molecular complexity index is 1880. The summed E-state index contributed by atoms with van der Waals surface area (Å²) in [5, 5.41) is 11.6. The highest BCUT2D eigenvalue weighted by Crippen LogP contribution is 2.33. The van der Waals surface area contributed by atoms with Gasteiger partial charge in [-0.15, -0.1) is 0 Å². The van der Waals surface area contributed by atoms with E-state index < -0.39 is 0 Å². The highest BCUT2D eigenvalue weighted by atomic mass is 16.2. The van der Waals surface area contributed by atoms with Crippen LogP contribution in [-0.2, 0) is 6.54 Å². The molecule has 0 saturated carbocycles. The van der Waals surface area contributed by atoms with E-state index in [9.17, 15) is 4.79 Å². The van der Waals surface area contributed by atoms with Crippen molar-refractivity contribution >= 4 is 28.4 Å². The molecule has 0 unspecified atom stereocenters. The van der Waals surface area contributed by atoms with Crippen LogP contribution < -0.4 is 10.6 Å². The first-order valence-electron chi connectivity index (χ1n) is 14.6. The molecule has 1 saturated heterocycles. The van der Waals surface area contributed by atoms with Gasteiger partial charge in [-0.25, -0.2) is 14.8 Å². The molecule has 1 fully saturated rings. The van der Waals surface area contributed by atoms with E-state index in [0.717, 1.165) is 82.9 Å². The predicted octanol–water partition coefficient (Wildman–Crippen LogP) is 6.10. The third-order valence-corrected chi connectivity index (χ3v) is 7.96. The fourth-order valence-corrected chi connectivity index (χ4v) is 5.76. The maximum absolute atomic E-state index is 12.4. The number of rotatable bonds is 6. The fraction of sp³-hybridized carbons (Fsp3) is 0.206. The molecule has 0 atom stereocenters. The number of anilines is 1. The van der Waals surface area contributed by atoms with Crippen LogP contribution >= 0.6 is 0 Å². The van der Waals surface area contributed by atoms with E-state index in [1.54, 1.807) is 24.5 Å². The highest BCUT2D eigenvalue weighted by Gasteiger charge is 2.21. The van der Waals surface area contributed by atoms with Gasteiger partial charge in [0.05, 0.1) is 11.4 Å². The van der Waals surface area contributed by atoms with Crippen LogP contribution in [0.5, 0.6) is 0 Å². The third kappa shape index (κ3) is 5.80. The van der Waals surface area contributed by atoms with Crippen molar-refractivity contribution < 1.29 is 4.79 Å². The number of hydrogen-bond acceptors (Lipinski definition) is 6. The van der Waals surface area contributed by atoms with Crippen molar-refractivity contribution in [3.63, 3.8) is 0 Å². The van der Waals surface area contributed by atoms with Crippen molar-refractivity contribution in [1.82, 2.24) is 34.8 Å². The smallest absolute Gasteiger partial charge is 0.319 e. The van der Waals surface area contributed by atoms with Crippen LogP contribution in [0.25, 0.3) is 39.1 Å². The van der Waals surface area contributed by atoms with E-state index in [-0.39, 0.29) is 12.1 Å². The molecule has 2 N–H and O–H groups in total. The molecule has 4 aromatic heterocycles. The third-order valence-electron chi connectivity index (χ3n) is 7.96. The van der Waals surface area contributed by atoms with Crippen LogP contribution in [0, 0.1) is 6.92 Å². The highest BCUT2D eigenvalue weighted by molar-refractivity contribution is 5.91. The number of benzene rings is 2. The van der Waals surface area contributed by atoms with Gasteiger partial charge in [0.25, 0.3) is 0 Å². The molecule has 1 aliphatic rings. The quantitative estimate of drug-likeness (QED) is 0.252. The van der Waals surface area contributed by atoms with E-state index in [2.05, 4.69) is 85.2 Å². The Labute approximate surface area is 249 Å². The minimum absolute atomic E-state index is 0.163. The van der Waals surface area contributed by atoms with Crippen molar-refractivity contribution in [2.45, 2.75) is 32.4 Å². The Hall–Kier alpha value is -5.15. The van der Waals surface area contributed by atoms with Gasteiger partial charge < -0.3 is 10.6 Å². The summed E-state index contributed by atoms with van der Waals surface area (Å²) in [5.41, 5.74) is 8.64. The van der Waals surface area contributed by atoms with Gasteiger partial charge in [-0.05, 0) is 49.1 Å². The summed E-state index contributed by atoms with van der Waals surface area (Å²) in [4.78, 5) is 28.6. The lowest BCUT2D eigenvalue weighted by atomic mass is 9.97. The number of amides is 2. The van der Waals surface area contributed by atoms with Crippen molar-refractivity contribution in [3.8, 4) is 22.4 Å². The van der Waals surface area contributed by atoms with Crippen LogP contribution in [0.2, 0.25) is 0 Å². The Morgan fingerprint density at radius 3 is 2.47 bits per heavy atom. The molecule has 5 heterocycles. The van der Waals surface area contributed by atoms with Crippen LogP contribution in [-0.4, -0.2) is 54.6 Å². The molecular formula is C34H32N8O. The zero-order valence-electron chi connectivity index (χ0n) is 23.9. The Balaban J connectivity index is 1.07. The standard InChI is InChI=1S/C34H32N8O/c1-23-19-31-36-21-27-20-30(25-5-3-2-4-6-25)32(39-33(27)42(31)40-23)26-9-7-24(8-10-26)22-41-17-13-29(14-18-41)38-34(43)37-28-11-15-35-16-12-28/h2-12,15-16,19-21,29H,13-14,17-18,22H2,1H3,(H2,35,37,38,43). The Morgan fingerprint density at radius 2 is 1.70 bits per heavy atom. The van der Waals surface area contributed by atoms with E-state index in [4.69, 9.17) is 4.98 Å². The Morgan fingerprint density at radius 1 is 0.930 bits per heavy atom. The minimum Gasteiger partial charge on any atom is -0.335 e. The largest absolute Gasteiger partial charge is 0.335 e. The van der Waals surface area contributed by atoms with E-state index in [1.165, 1.54) is 5.56 Å². The zero-order chi connectivity index (χ0) is 29.2. The van der Waals surface area contributed by atoms with Gasteiger partial charge >= 0.3 is 6.03 Å². The first-order valence-corrected chi connectivity index (χ1v) is 14.6. The number of pyridine rings is 2. The Kier molecular flexibility index (Phi) is 7.22. The van der Waals surface area contributed by atoms with E-state index in [1.807, 2.05) is 29.8 Å². The number of aromatic nitrogens is 5. The van der Waals surface area contributed by atoms with E-state index >= 15 is 0 Å². The first kappa shape index (κ1) is 26.7. The maximum Gasteiger partial charge on any atom is 0.319 e. The molecule has 7 rings (SSSR count). The number of nitrogens with zero attached hydrogens (tertiary/aromatic N) is 6. The lowest BCUT2D eigenvalue weighted by Crippen LogP contribution is -2.45. The predicted molar refractivity (Wildman–Crippen MR) is 169 cm³/mol. The summed E-state index contributed by atoms with van der Waals surface area (Å²) in [7, 11) is 0. The second-order valence-corrected chi connectivity index (χ2v) is 11.1. The lowest BCUT2D eigenvalue weighted by molar-refractivity contribution is 0.190. The molecule has 0 radical (unpaired) electrons. The number of carbonyl (C=O) groups is 1. The van der Waals surface area contributed by atoms with Crippen LogP contribution in [0.3, 0.4) is 0 Å². The van der Waals surface area contributed by atoms with Gasteiger partial charge in [-0.1, -0.05) is 54.6 Å². The molecule has 0 bridgehead atoms. The second-order valence-electron chi connectivity index (χ2n) is 11.1. The van der Waals surface area contributed by atoms with Gasteiger partial charge in [0.1, 0.15) is 0 Å². The molecule has 2 amide bonds. The van der Waals surface area contributed by atoms with E-state index in [0.29, 0.717) is 0 Å². The molecule has 9 nitrogen and oxygen atoms in total.